The topological polar surface area (TPSA) is 59.0 Å². The highest BCUT2D eigenvalue weighted by Crippen LogP contribution is 2.20. The molecule has 1 atom stereocenters. The Morgan fingerprint density at radius 3 is 2.78 bits per heavy atom. The first-order chi connectivity index (χ1) is 11.0. The number of aromatic nitrogens is 2. The molecule has 1 aliphatic heterocycles. The van der Waals surface area contributed by atoms with Gasteiger partial charge in [-0.3, -0.25) is 9.48 Å². The number of hydrogen-bond acceptors (Lipinski definition) is 3. The van der Waals surface area contributed by atoms with Gasteiger partial charge in [0.1, 0.15) is 5.82 Å². The Labute approximate surface area is 130 Å². The molecule has 1 saturated heterocycles. The summed E-state index contributed by atoms with van der Waals surface area (Å²) in [6.45, 7) is 1.72. The molecule has 1 unspecified atom stereocenters. The molecule has 1 amide bonds. The second-order valence-electron chi connectivity index (χ2n) is 5.38. The third-order valence-electron chi connectivity index (χ3n) is 3.74. The lowest BCUT2D eigenvalue weighted by Gasteiger charge is -2.22. The third kappa shape index (κ3) is 3.37. The molecule has 2 heterocycles. The molecule has 0 radical (unpaired) electrons. The van der Waals surface area contributed by atoms with Crippen LogP contribution in [0, 0.1) is 17.5 Å². The van der Waals surface area contributed by atoms with E-state index in [1.807, 2.05) is 0 Å². The summed E-state index contributed by atoms with van der Waals surface area (Å²) in [6, 6.07) is 2.65. The highest BCUT2D eigenvalue weighted by atomic mass is 19.2. The van der Waals surface area contributed by atoms with Gasteiger partial charge >= 0.3 is 0 Å². The van der Waals surface area contributed by atoms with Crippen LogP contribution in [0.5, 0.6) is 0 Å². The Morgan fingerprint density at radius 2 is 2.04 bits per heavy atom. The zero-order chi connectivity index (χ0) is 16.4. The molecule has 0 spiro atoms. The lowest BCUT2D eigenvalue weighted by Crippen LogP contribution is -2.32. The van der Waals surface area contributed by atoms with Crippen molar-refractivity contribution in [1.82, 2.24) is 15.1 Å². The first-order valence-electron chi connectivity index (χ1n) is 7.26. The minimum Gasteiger partial charge on any atom is -0.318 e. The van der Waals surface area contributed by atoms with Gasteiger partial charge in [-0.05, 0) is 25.5 Å². The fourth-order valence-electron chi connectivity index (χ4n) is 2.53. The van der Waals surface area contributed by atoms with Gasteiger partial charge in [0.2, 0.25) is 0 Å². The van der Waals surface area contributed by atoms with E-state index < -0.39 is 29.0 Å². The first-order valence-corrected chi connectivity index (χ1v) is 7.26. The van der Waals surface area contributed by atoms with Crippen molar-refractivity contribution in [2.45, 2.75) is 18.9 Å². The molecule has 23 heavy (non-hydrogen) atoms. The predicted octanol–water partition coefficient (Wildman–Crippen LogP) is 2.48. The van der Waals surface area contributed by atoms with E-state index in [4.69, 9.17) is 0 Å². The summed E-state index contributed by atoms with van der Waals surface area (Å²) in [5, 5.41) is 9.62. The molecule has 1 aromatic heterocycles. The fraction of sp³-hybridized carbons (Fsp3) is 0.333. The minimum absolute atomic E-state index is 0.0831. The number of piperidine rings is 1. The smallest absolute Gasteiger partial charge is 0.276 e. The summed E-state index contributed by atoms with van der Waals surface area (Å²) >= 11 is 0. The molecular weight excluding hydrogens is 309 g/mol. The number of amides is 1. The van der Waals surface area contributed by atoms with Crippen molar-refractivity contribution < 1.29 is 18.0 Å². The molecule has 0 bridgehead atoms. The van der Waals surface area contributed by atoms with Crippen LogP contribution in [-0.4, -0.2) is 28.8 Å². The highest BCUT2D eigenvalue weighted by molar-refractivity contribution is 6.02. The zero-order valence-corrected chi connectivity index (χ0v) is 12.2. The van der Waals surface area contributed by atoms with Crippen molar-refractivity contribution in [1.29, 1.82) is 0 Å². The normalized spacial score (nSPS) is 18.0. The number of nitrogens with one attached hydrogen (secondary N) is 2. The average Bonchev–Trinajstić information content (AvgIpc) is 3.03. The predicted molar refractivity (Wildman–Crippen MR) is 77.6 cm³/mol. The van der Waals surface area contributed by atoms with Crippen molar-refractivity contribution in [2.75, 3.05) is 18.4 Å². The van der Waals surface area contributed by atoms with E-state index in [0.29, 0.717) is 12.1 Å². The van der Waals surface area contributed by atoms with Gasteiger partial charge in [-0.25, -0.2) is 13.2 Å². The third-order valence-corrected chi connectivity index (χ3v) is 3.74. The highest BCUT2D eigenvalue weighted by Gasteiger charge is 2.19. The Morgan fingerprint density at radius 1 is 1.26 bits per heavy atom. The number of benzene rings is 1. The largest absolute Gasteiger partial charge is 0.318 e. The molecule has 122 valence electrons. The Hall–Kier alpha value is -2.35. The van der Waals surface area contributed by atoms with E-state index in [0.717, 1.165) is 25.9 Å². The summed E-state index contributed by atoms with van der Waals surface area (Å²) in [5.41, 5.74) is -0.345. The van der Waals surface area contributed by atoms with E-state index in [1.54, 1.807) is 10.9 Å². The molecule has 1 aliphatic rings. The lowest BCUT2D eigenvalue weighted by atomic mass is 10.1. The average molecular weight is 324 g/mol. The number of halogens is 3. The van der Waals surface area contributed by atoms with E-state index in [2.05, 4.69) is 15.7 Å². The summed E-state index contributed by atoms with van der Waals surface area (Å²) in [5.74, 6) is -4.28. The van der Waals surface area contributed by atoms with E-state index in [9.17, 15) is 18.0 Å². The monoisotopic (exact) mass is 324 g/mol. The molecule has 2 N–H and O–H groups in total. The summed E-state index contributed by atoms with van der Waals surface area (Å²) in [7, 11) is 0. The first kappa shape index (κ1) is 15.5. The molecule has 1 aromatic carbocycles. The van der Waals surface area contributed by atoms with Gasteiger partial charge < -0.3 is 10.6 Å². The van der Waals surface area contributed by atoms with Gasteiger partial charge in [0.15, 0.2) is 17.3 Å². The maximum atomic E-state index is 13.5. The van der Waals surface area contributed by atoms with E-state index in [1.165, 1.54) is 6.07 Å². The molecule has 3 rings (SSSR count). The second-order valence-corrected chi connectivity index (χ2v) is 5.38. The van der Waals surface area contributed by atoms with Crippen LogP contribution < -0.4 is 10.6 Å². The van der Waals surface area contributed by atoms with Crippen molar-refractivity contribution >= 4 is 11.6 Å². The number of carbonyl (C=O) groups excluding carboxylic acids is 1. The van der Waals surface area contributed by atoms with Gasteiger partial charge in [0.25, 0.3) is 5.91 Å². The maximum absolute atomic E-state index is 13.5. The SMILES string of the molecule is O=C(Nc1cc(F)c(F)cc1F)c1ccn(C2CCCNC2)n1. The molecule has 0 saturated carbocycles. The quantitative estimate of drug-likeness (QED) is 0.853. The molecule has 0 aliphatic carbocycles. The van der Waals surface area contributed by atoms with Gasteiger partial charge in [0.05, 0.1) is 11.7 Å². The standard InChI is InChI=1S/C15H15F3N4O/c16-10-6-12(18)14(7-11(10)17)20-15(23)13-3-5-22(21-13)9-2-1-4-19-8-9/h3,5-7,9,19H,1-2,4,8H2,(H,20,23). The number of rotatable bonds is 3. The molecule has 5 nitrogen and oxygen atoms in total. The maximum Gasteiger partial charge on any atom is 0.276 e. The number of hydrogen-bond donors (Lipinski definition) is 2. The Kier molecular flexibility index (Phi) is 4.33. The zero-order valence-electron chi connectivity index (χ0n) is 12.2. The molecule has 1 fully saturated rings. The van der Waals surface area contributed by atoms with Crippen molar-refractivity contribution in [2.24, 2.45) is 0 Å². The Balaban J connectivity index is 1.74. The van der Waals surface area contributed by atoms with Crippen LogP contribution in [0.1, 0.15) is 29.4 Å². The van der Waals surface area contributed by atoms with Crippen LogP contribution in [-0.2, 0) is 0 Å². The van der Waals surface area contributed by atoms with Crippen LogP contribution >= 0.6 is 0 Å². The van der Waals surface area contributed by atoms with Gasteiger partial charge in [0, 0.05) is 24.9 Å². The van der Waals surface area contributed by atoms with Crippen molar-refractivity contribution in [3.63, 3.8) is 0 Å². The molecule has 8 heteroatoms. The number of anilines is 1. The number of carbonyl (C=O) groups is 1. The Bertz CT molecular complexity index is 726. The lowest BCUT2D eigenvalue weighted by molar-refractivity contribution is 0.102. The number of nitrogens with zero attached hydrogens (tertiary/aromatic N) is 2. The van der Waals surface area contributed by atoms with Crippen molar-refractivity contribution in [3.05, 3.63) is 47.5 Å². The minimum atomic E-state index is -1.31. The summed E-state index contributed by atoms with van der Waals surface area (Å²) in [4.78, 5) is 12.1. The van der Waals surface area contributed by atoms with Crippen LogP contribution in [0.25, 0.3) is 0 Å². The van der Waals surface area contributed by atoms with Crippen LogP contribution in [0.4, 0.5) is 18.9 Å². The van der Waals surface area contributed by atoms with Gasteiger partial charge in [-0.1, -0.05) is 0 Å². The van der Waals surface area contributed by atoms with Crippen LogP contribution in [0.3, 0.4) is 0 Å². The second kappa shape index (κ2) is 6.41. The fourth-order valence-corrected chi connectivity index (χ4v) is 2.53. The van der Waals surface area contributed by atoms with E-state index >= 15 is 0 Å². The molecule has 2 aromatic rings. The summed E-state index contributed by atoms with van der Waals surface area (Å²) in [6.07, 6.45) is 3.65. The van der Waals surface area contributed by atoms with E-state index in [-0.39, 0.29) is 11.7 Å². The van der Waals surface area contributed by atoms with Crippen molar-refractivity contribution in [3.8, 4) is 0 Å². The van der Waals surface area contributed by atoms with Gasteiger partial charge in [-0.15, -0.1) is 0 Å². The van der Waals surface area contributed by atoms with Gasteiger partial charge in [-0.2, -0.15) is 5.10 Å². The summed E-state index contributed by atoms with van der Waals surface area (Å²) < 4.78 is 41.2. The van der Waals surface area contributed by atoms with Crippen LogP contribution in [0.2, 0.25) is 0 Å². The molecular formula is C15H15F3N4O. The van der Waals surface area contributed by atoms with Crippen LogP contribution in [0.15, 0.2) is 24.4 Å².